The maximum atomic E-state index is 14.3. The van der Waals surface area contributed by atoms with Crippen molar-refractivity contribution in [1.82, 2.24) is 39.7 Å². The molecule has 6 heterocycles. The molecule has 1 aliphatic rings. The number of carbonyl (C=O) groups is 1. The maximum Gasteiger partial charge on any atom is 0.312 e. The minimum absolute atomic E-state index is 0.158. The Kier molecular flexibility index (Phi) is 4.28. The first-order valence-electron chi connectivity index (χ1n) is 10.3. The van der Waals surface area contributed by atoms with E-state index >= 15 is 0 Å². The number of aryl methyl sites for hydroxylation is 1. The van der Waals surface area contributed by atoms with E-state index in [-0.39, 0.29) is 11.8 Å². The molecule has 0 aromatic carbocycles. The van der Waals surface area contributed by atoms with Crippen molar-refractivity contribution in [3.63, 3.8) is 0 Å². The SMILES string of the molecule is Cc1cccc(-c2nnc(C(=O)N3CCc4[nH]cnc4C3c3cc4c(F)cccn4n3)o2)n1. The summed E-state index contributed by atoms with van der Waals surface area (Å²) in [6.45, 7) is 2.22. The van der Waals surface area contributed by atoms with E-state index in [4.69, 9.17) is 4.42 Å². The Hall–Kier alpha value is -4.41. The Morgan fingerprint density at radius 3 is 3.00 bits per heavy atom. The van der Waals surface area contributed by atoms with Crippen LogP contribution in [-0.4, -0.2) is 52.1 Å². The Morgan fingerprint density at radius 2 is 2.15 bits per heavy atom. The van der Waals surface area contributed by atoms with E-state index in [1.165, 1.54) is 10.6 Å². The van der Waals surface area contributed by atoms with Gasteiger partial charge in [-0.3, -0.25) is 4.79 Å². The Morgan fingerprint density at radius 1 is 1.24 bits per heavy atom. The molecule has 1 unspecified atom stereocenters. The van der Waals surface area contributed by atoms with Crippen LogP contribution in [0.1, 0.15) is 39.5 Å². The molecular formula is C22H17FN8O2. The number of fused-ring (bicyclic) bond motifs is 2. The summed E-state index contributed by atoms with van der Waals surface area (Å²) in [4.78, 5) is 26.9. The molecule has 0 saturated heterocycles. The normalized spacial score (nSPS) is 15.7. The van der Waals surface area contributed by atoms with Gasteiger partial charge in [-0.1, -0.05) is 6.07 Å². The molecule has 0 aliphatic carbocycles. The topological polar surface area (TPSA) is 118 Å². The Balaban J connectivity index is 1.40. The lowest BCUT2D eigenvalue weighted by Crippen LogP contribution is -2.41. The van der Waals surface area contributed by atoms with Gasteiger partial charge in [0.25, 0.3) is 5.89 Å². The molecule has 10 nitrogen and oxygen atoms in total. The maximum absolute atomic E-state index is 14.3. The summed E-state index contributed by atoms with van der Waals surface area (Å²) in [7, 11) is 0. The van der Waals surface area contributed by atoms with Gasteiger partial charge in [0.05, 0.1) is 17.7 Å². The predicted molar refractivity (Wildman–Crippen MR) is 113 cm³/mol. The average Bonchev–Trinajstić information content (AvgIpc) is 3.57. The number of carbonyl (C=O) groups excluding carboxylic acids is 1. The molecule has 33 heavy (non-hydrogen) atoms. The van der Waals surface area contributed by atoms with Crippen LogP contribution in [0.5, 0.6) is 0 Å². The Bertz CT molecular complexity index is 1500. The molecule has 5 aromatic rings. The molecule has 5 aromatic heterocycles. The summed E-state index contributed by atoms with van der Waals surface area (Å²) < 4.78 is 21.4. The molecular weight excluding hydrogens is 427 g/mol. The van der Waals surface area contributed by atoms with Crippen molar-refractivity contribution in [3.8, 4) is 11.6 Å². The summed E-state index contributed by atoms with van der Waals surface area (Å²) in [6, 6.07) is 9.33. The van der Waals surface area contributed by atoms with E-state index in [1.807, 2.05) is 19.1 Å². The second-order valence-electron chi connectivity index (χ2n) is 7.75. The largest absolute Gasteiger partial charge is 0.411 e. The molecule has 0 fully saturated rings. The summed E-state index contributed by atoms with van der Waals surface area (Å²) in [5.74, 6) is -0.866. The fourth-order valence-electron chi connectivity index (χ4n) is 4.13. The highest BCUT2D eigenvalue weighted by Gasteiger charge is 2.38. The number of imidazole rings is 1. The van der Waals surface area contributed by atoms with Gasteiger partial charge >= 0.3 is 11.8 Å². The fourth-order valence-corrected chi connectivity index (χ4v) is 4.13. The molecule has 0 radical (unpaired) electrons. The third-order valence-corrected chi connectivity index (χ3v) is 5.65. The summed E-state index contributed by atoms with van der Waals surface area (Å²) >= 11 is 0. The molecule has 1 N–H and O–H groups in total. The summed E-state index contributed by atoms with van der Waals surface area (Å²) in [6.07, 6.45) is 3.80. The molecule has 0 bridgehead atoms. The second kappa shape index (κ2) is 7.33. The lowest BCUT2D eigenvalue weighted by molar-refractivity contribution is 0.0646. The highest BCUT2D eigenvalue weighted by molar-refractivity contribution is 5.90. The number of pyridine rings is 2. The molecule has 0 saturated carbocycles. The standard InChI is InChI=1S/C22H17FN8O2/c1-12-4-2-6-15(26-12)20-27-28-21(33-20)22(32)30-9-7-14-18(25-11-24-14)19(30)16-10-17-13(23)5-3-8-31(17)29-16/h2-6,8,10-11,19H,7,9H2,1H3,(H,24,25). The molecule has 11 heteroatoms. The van der Waals surface area contributed by atoms with Gasteiger partial charge in [-0.2, -0.15) is 5.10 Å². The number of rotatable bonds is 3. The number of nitrogens with zero attached hydrogens (tertiary/aromatic N) is 7. The van der Waals surface area contributed by atoms with Crippen LogP contribution in [0.2, 0.25) is 0 Å². The zero-order chi connectivity index (χ0) is 22.5. The number of halogens is 1. The van der Waals surface area contributed by atoms with E-state index in [0.29, 0.717) is 35.6 Å². The zero-order valence-electron chi connectivity index (χ0n) is 17.4. The predicted octanol–water partition coefficient (Wildman–Crippen LogP) is 2.74. The highest BCUT2D eigenvalue weighted by atomic mass is 19.1. The highest BCUT2D eigenvalue weighted by Crippen LogP contribution is 2.34. The summed E-state index contributed by atoms with van der Waals surface area (Å²) in [5.41, 5.74) is 3.63. The number of hydrogen-bond donors (Lipinski definition) is 1. The van der Waals surface area contributed by atoms with E-state index in [0.717, 1.165) is 11.4 Å². The van der Waals surface area contributed by atoms with Gasteiger partial charge in [0, 0.05) is 30.6 Å². The first-order chi connectivity index (χ1) is 16.1. The van der Waals surface area contributed by atoms with E-state index in [1.54, 1.807) is 35.6 Å². The molecule has 1 amide bonds. The Labute approximate surface area is 186 Å². The number of nitrogens with one attached hydrogen (secondary N) is 1. The van der Waals surface area contributed by atoms with Crippen LogP contribution in [0.4, 0.5) is 4.39 Å². The van der Waals surface area contributed by atoms with E-state index in [2.05, 4.69) is 30.2 Å². The lowest BCUT2D eigenvalue weighted by atomic mass is 9.99. The van der Waals surface area contributed by atoms with Crippen molar-refractivity contribution in [1.29, 1.82) is 0 Å². The van der Waals surface area contributed by atoms with Gasteiger partial charge < -0.3 is 14.3 Å². The van der Waals surface area contributed by atoms with Crippen LogP contribution in [0, 0.1) is 12.7 Å². The first-order valence-corrected chi connectivity index (χ1v) is 10.3. The van der Waals surface area contributed by atoms with Gasteiger partial charge in [0.1, 0.15) is 23.1 Å². The van der Waals surface area contributed by atoms with Crippen molar-refractivity contribution in [2.45, 2.75) is 19.4 Å². The number of aromatic nitrogens is 7. The van der Waals surface area contributed by atoms with Crippen molar-refractivity contribution >= 4 is 11.4 Å². The first kappa shape index (κ1) is 19.3. The van der Waals surface area contributed by atoms with Crippen LogP contribution < -0.4 is 0 Å². The van der Waals surface area contributed by atoms with Crippen molar-refractivity contribution < 1.29 is 13.6 Å². The average molecular weight is 444 g/mol. The van der Waals surface area contributed by atoms with Crippen molar-refractivity contribution in [2.24, 2.45) is 0 Å². The number of hydrogen-bond acceptors (Lipinski definition) is 7. The minimum Gasteiger partial charge on any atom is -0.411 e. The van der Waals surface area contributed by atoms with Crippen LogP contribution in [0.25, 0.3) is 17.1 Å². The zero-order valence-corrected chi connectivity index (χ0v) is 17.4. The lowest BCUT2D eigenvalue weighted by Gasteiger charge is -2.32. The monoisotopic (exact) mass is 444 g/mol. The summed E-state index contributed by atoms with van der Waals surface area (Å²) in [5, 5.41) is 12.5. The van der Waals surface area contributed by atoms with E-state index < -0.39 is 17.8 Å². The molecule has 1 atom stereocenters. The van der Waals surface area contributed by atoms with Gasteiger partial charge in [0.15, 0.2) is 0 Å². The molecule has 1 aliphatic heterocycles. The van der Waals surface area contributed by atoms with Gasteiger partial charge in [-0.25, -0.2) is 18.9 Å². The number of H-pyrrole nitrogens is 1. The smallest absolute Gasteiger partial charge is 0.312 e. The van der Waals surface area contributed by atoms with E-state index in [9.17, 15) is 9.18 Å². The third kappa shape index (κ3) is 3.16. The second-order valence-corrected chi connectivity index (χ2v) is 7.75. The fraction of sp³-hybridized carbons (Fsp3) is 0.182. The van der Waals surface area contributed by atoms with Crippen LogP contribution >= 0.6 is 0 Å². The van der Waals surface area contributed by atoms with Crippen molar-refractivity contribution in [2.75, 3.05) is 6.54 Å². The van der Waals surface area contributed by atoms with Crippen LogP contribution in [0.15, 0.2) is 53.3 Å². The number of amides is 1. The minimum atomic E-state index is -0.640. The van der Waals surface area contributed by atoms with Crippen LogP contribution in [0.3, 0.4) is 0 Å². The quantitative estimate of drug-likeness (QED) is 0.455. The van der Waals surface area contributed by atoms with Crippen molar-refractivity contribution in [3.05, 3.63) is 83.4 Å². The molecule has 6 rings (SSSR count). The molecule has 0 spiro atoms. The molecule has 164 valence electrons. The third-order valence-electron chi connectivity index (χ3n) is 5.65. The van der Waals surface area contributed by atoms with Gasteiger partial charge in [0.2, 0.25) is 0 Å². The van der Waals surface area contributed by atoms with Crippen LogP contribution in [-0.2, 0) is 6.42 Å². The van der Waals surface area contributed by atoms with Gasteiger partial charge in [-0.05, 0) is 37.3 Å². The van der Waals surface area contributed by atoms with Gasteiger partial charge in [-0.15, -0.1) is 10.2 Å². The number of aromatic amines is 1.